The van der Waals surface area contributed by atoms with Crippen molar-refractivity contribution in [2.45, 2.75) is 57.2 Å². The van der Waals surface area contributed by atoms with E-state index < -0.39 is 0 Å². The number of carbonyl (C=O) groups is 1. The maximum absolute atomic E-state index is 13.5. The van der Waals surface area contributed by atoms with Crippen LogP contribution in [0, 0.1) is 0 Å². The average molecular weight is 485 g/mol. The summed E-state index contributed by atoms with van der Waals surface area (Å²) in [5, 5.41) is 0. The Bertz CT molecular complexity index is 1160. The third-order valence-corrected chi connectivity index (χ3v) is 6.59. The van der Waals surface area contributed by atoms with Crippen molar-refractivity contribution in [3.05, 3.63) is 113 Å². The van der Waals surface area contributed by atoms with Crippen LogP contribution in [0.4, 0.5) is 0 Å². The summed E-state index contributed by atoms with van der Waals surface area (Å²) in [6.07, 6.45) is 6.59. The second-order valence-electron chi connectivity index (χ2n) is 9.32. The normalized spacial score (nSPS) is 21.3. The van der Waals surface area contributed by atoms with Crippen LogP contribution in [0.3, 0.4) is 0 Å². The molecule has 0 radical (unpaired) electrons. The fourth-order valence-corrected chi connectivity index (χ4v) is 4.76. The van der Waals surface area contributed by atoms with Crippen LogP contribution in [0.1, 0.15) is 46.3 Å². The molecule has 5 heteroatoms. The number of benzene rings is 3. The van der Waals surface area contributed by atoms with E-state index in [4.69, 9.17) is 18.9 Å². The highest BCUT2D eigenvalue weighted by Gasteiger charge is 2.30. The van der Waals surface area contributed by atoms with Crippen molar-refractivity contribution in [3.8, 4) is 5.75 Å². The number of ether oxygens (including phenoxy) is 4. The maximum Gasteiger partial charge on any atom is 0.342 e. The number of rotatable bonds is 8. The molecule has 0 aliphatic carbocycles. The van der Waals surface area contributed by atoms with Crippen molar-refractivity contribution in [2.75, 3.05) is 6.61 Å². The molecule has 5 rings (SSSR count). The SMILES string of the molecule is O=C1O[C@@H](CCOCc2ccccc2)C[C@H]2CC=C[C@H](Cc3cccc(OCc4ccccc4)c31)O2. The number of hydrogen-bond acceptors (Lipinski definition) is 5. The van der Waals surface area contributed by atoms with Gasteiger partial charge in [-0.25, -0.2) is 4.79 Å². The Labute approximate surface area is 212 Å². The molecule has 0 aromatic heterocycles. The molecule has 0 fully saturated rings. The smallest absolute Gasteiger partial charge is 0.342 e. The van der Waals surface area contributed by atoms with Crippen LogP contribution in [0.15, 0.2) is 91.0 Å². The highest BCUT2D eigenvalue weighted by Crippen LogP contribution is 2.31. The molecule has 36 heavy (non-hydrogen) atoms. The van der Waals surface area contributed by atoms with Gasteiger partial charge in [0.2, 0.25) is 0 Å². The monoisotopic (exact) mass is 484 g/mol. The molecule has 186 valence electrons. The molecule has 5 nitrogen and oxygen atoms in total. The van der Waals surface area contributed by atoms with Gasteiger partial charge in [-0.05, 0) is 29.2 Å². The van der Waals surface area contributed by atoms with Crippen molar-refractivity contribution in [1.29, 1.82) is 0 Å². The van der Waals surface area contributed by atoms with E-state index in [0.29, 0.717) is 50.4 Å². The minimum absolute atomic E-state index is 0.0194. The summed E-state index contributed by atoms with van der Waals surface area (Å²) < 4.78 is 24.5. The Morgan fingerprint density at radius 3 is 2.39 bits per heavy atom. The predicted octanol–water partition coefficient (Wildman–Crippen LogP) is 6.06. The van der Waals surface area contributed by atoms with Gasteiger partial charge in [-0.1, -0.05) is 84.9 Å². The lowest BCUT2D eigenvalue weighted by molar-refractivity contribution is -0.0401. The number of esters is 1. The van der Waals surface area contributed by atoms with Crippen LogP contribution < -0.4 is 4.74 Å². The Hall–Kier alpha value is -3.41. The summed E-state index contributed by atoms with van der Waals surface area (Å²) in [7, 11) is 0. The molecule has 0 unspecified atom stereocenters. The Kier molecular flexibility index (Phi) is 8.11. The van der Waals surface area contributed by atoms with Crippen molar-refractivity contribution in [1.82, 2.24) is 0 Å². The lowest BCUT2D eigenvalue weighted by atomic mass is 9.96. The first-order chi connectivity index (χ1) is 17.7. The van der Waals surface area contributed by atoms with Crippen LogP contribution in [0.2, 0.25) is 0 Å². The summed E-state index contributed by atoms with van der Waals surface area (Å²) in [4.78, 5) is 13.5. The summed E-state index contributed by atoms with van der Waals surface area (Å²) in [6.45, 7) is 1.41. The lowest BCUT2D eigenvalue weighted by Gasteiger charge is -2.31. The first kappa shape index (κ1) is 24.3. The Balaban J connectivity index is 1.32. The largest absolute Gasteiger partial charge is 0.488 e. The van der Waals surface area contributed by atoms with E-state index in [-0.39, 0.29) is 24.3 Å². The summed E-state index contributed by atoms with van der Waals surface area (Å²) in [6, 6.07) is 25.7. The summed E-state index contributed by atoms with van der Waals surface area (Å²) >= 11 is 0. The predicted molar refractivity (Wildman–Crippen MR) is 138 cm³/mol. The molecule has 0 saturated heterocycles. The number of cyclic esters (lactones) is 1. The minimum atomic E-state index is -0.342. The van der Waals surface area contributed by atoms with E-state index in [2.05, 4.69) is 12.2 Å². The zero-order chi connectivity index (χ0) is 24.6. The number of hydrogen-bond donors (Lipinski definition) is 0. The summed E-state index contributed by atoms with van der Waals surface area (Å²) in [5.74, 6) is 0.197. The fourth-order valence-electron chi connectivity index (χ4n) is 4.76. The molecular formula is C31H32O5. The van der Waals surface area contributed by atoms with Gasteiger partial charge in [0.25, 0.3) is 0 Å². The first-order valence-electron chi connectivity index (χ1n) is 12.7. The molecule has 2 aliphatic heterocycles. The molecule has 0 amide bonds. The lowest BCUT2D eigenvalue weighted by Crippen LogP contribution is -2.33. The molecular weight excluding hydrogens is 452 g/mol. The third kappa shape index (κ3) is 6.42. The highest BCUT2D eigenvalue weighted by molar-refractivity contribution is 5.94. The number of fused-ring (bicyclic) bond motifs is 3. The van der Waals surface area contributed by atoms with Gasteiger partial charge in [0.15, 0.2) is 0 Å². The first-order valence-corrected chi connectivity index (χ1v) is 12.7. The van der Waals surface area contributed by atoms with Crippen LogP contribution in [-0.4, -0.2) is 30.9 Å². The third-order valence-electron chi connectivity index (χ3n) is 6.59. The van der Waals surface area contributed by atoms with E-state index in [9.17, 15) is 4.79 Å². The molecule has 2 bridgehead atoms. The van der Waals surface area contributed by atoms with Crippen LogP contribution in [0.5, 0.6) is 5.75 Å². The standard InChI is InChI=1S/C31H32O5/c32-31-30-25(13-7-16-29(30)34-22-24-11-5-2-6-12-24)19-26-14-8-15-27(35-26)20-28(36-31)17-18-33-21-23-9-3-1-4-10-23/h1-14,16,26-28H,15,17-22H2/t26-,27-,28+/m1/s1. The number of carbonyl (C=O) groups excluding carboxylic acids is 1. The van der Waals surface area contributed by atoms with Gasteiger partial charge in [-0.15, -0.1) is 0 Å². The van der Waals surface area contributed by atoms with Gasteiger partial charge >= 0.3 is 5.97 Å². The molecule has 3 aromatic carbocycles. The van der Waals surface area contributed by atoms with E-state index in [1.54, 1.807) is 0 Å². The zero-order valence-electron chi connectivity index (χ0n) is 20.4. The molecule has 2 heterocycles. The molecule has 2 aliphatic rings. The van der Waals surface area contributed by atoms with Crippen LogP contribution in [-0.2, 0) is 33.8 Å². The van der Waals surface area contributed by atoms with Gasteiger partial charge < -0.3 is 18.9 Å². The quantitative estimate of drug-likeness (QED) is 0.221. The van der Waals surface area contributed by atoms with Gasteiger partial charge in [0.05, 0.1) is 25.4 Å². The Morgan fingerprint density at radius 1 is 0.861 bits per heavy atom. The van der Waals surface area contributed by atoms with Gasteiger partial charge in [-0.2, -0.15) is 0 Å². The molecule has 3 atom stereocenters. The van der Waals surface area contributed by atoms with Crippen molar-refractivity contribution in [3.63, 3.8) is 0 Å². The highest BCUT2D eigenvalue weighted by atomic mass is 16.6. The fraction of sp³-hybridized carbons (Fsp3) is 0.323. The minimum Gasteiger partial charge on any atom is -0.488 e. The Morgan fingerprint density at radius 2 is 1.61 bits per heavy atom. The molecule has 0 saturated carbocycles. The molecule has 3 aromatic rings. The van der Waals surface area contributed by atoms with E-state index in [1.807, 2.05) is 78.9 Å². The second-order valence-corrected chi connectivity index (χ2v) is 9.32. The van der Waals surface area contributed by atoms with Gasteiger partial charge in [0, 0.05) is 19.3 Å². The van der Waals surface area contributed by atoms with Crippen LogP contribution in [0.25, 0.3) is 0 Å². The molecule has 0 spiro atoms. The van der Waals surface area contributed by atoms with Gasteiger partial charge in [0.1, 0.15) is 24.0 Å². The topological polar surface area (TPSA) is 54.0 Å². The van der Waals surface area contributed by atoms with Crippen molar-refractivity contribution >= 4 is 5.97 Å². The van der Waals surface area contributed by atoms with E-state index in [0.717, 1.165) is 23.1 Å². The maximum atomic E-state index is 13.5. The van der Waals surface area contributed by atoms with Gasteiger partial charge in [-0.3, -0.25) is 0 Å². The van der Waals surface area contributed by atoms with Crippen LogP contribution >= 0.6 is 0 Å². The second kappa shape index (κ2) is 12.0. The van der Waals surface area contributed by atoms with Crippen molar-refractivity contribution in [2.24, 2.45) is 0 Å². The van der Waals surface area contributed by atoms with E-state index >= 15 is 0 Å². The van der Waals surface area contributed by atoms with E-state index in [1.165, 1.54) is 0 Å². The molecule has 0 N–H and O–H groups in total. The van der Waals surface area contributed by atoms with Crippen molar-refractivity contribution < 1.29 is 23.7 Å². The summed E-state index contributed by atoms with van der Waals surface area (Å²) in [5.41, 5.74) is 3.53. The zero-order valence-corrected chi connectivity index (χ0v) is 20.4. The average Bonchev–Trinajstić information content (AvgIpc) is 2.91.